The Morgan fingerprint density at radius 1 is 1.15 bits per heavy atom. The fourth-order valence-corrected chi connectivity index (χ4v) is 2.72. The first kappa shape index (κ1) is 18.3. The van der Waals surface area contributed by atoms with E-state index in [1.54, 1.807) is 55.5 Å². The van der Waals surface area contributed by atoms with Crippen molar-refractivity contribution in [3.8, 4) is 5.75 Å². The van der Waals surface area contributed by atoms with Gasteiger partial charge in [0.1, 0.15) is 5.75 Å². The maximum Gasteiger partial charge on any atom is 0.292 e. The zero-order valence-electron chi connectivity index (χ0n) is 15.1. The highest BCUT2D eigenvalue weighted by molar-refractivity contribution is 6.06. The number of aromatic hydroxyl groups is 1. The van der Waals surface area contributed by atoms with Gasteiger partial charge in [0.15, 0.2) is 5.69 Å². The Morgan fingerprint density at radius 3 is 2.48 bits per heavy atom. The third-order valence-electron chi connectivity index (χ3n) is 4.13. The summed E-state index contributed by atoms with van der Waals surface area (Å²) in [6.07, 6.45) is 0.727. The van der Waals surface area contributed by atoms with Crippen molar-refractivity contribution in [2.24, 2.45) is 5.10 Å². The number of rotatable bonds is 5. The Bertz CT molecular complexity index is 1070. The van der Waals surface area contributed by atoms with Crippen molar-refractivity contribution in [1.29, 1.82) is 0 Å². The lowest BCUT2D eigenvalue weighted by Gasteiger charge is -2.09. The molecule has 3 aromatic rings. The van der Waals surface area contributed by atoms with Gasteiger partial charge >= 0.3 is 0 Å². The van der Waals surface area contributed by atoms with E-state index in [4.69, 9.17) is 0 Å². The number of fused-ring (bicyclic) bond motifs is 1. The number of phenolic OH excluding ortho intramolecular Hbond substituents is 1. The number of nitrogens with one attached hydrogen (secondary N) is 1. The second-order valence-electron chi connectivity index (χ2n) is 6.11. The minimum Gasteiger partial charge on any atom is -0.508 e. The summed E-state index contributed by atoms with van der Waals surface area (Å²) in [4.78, 5) is 25.2. The van der Waals surface area contributed by atoms with Crippen LogP contribution in [0.25, 0.3) is 10.8 Å². The lowest BCUT2D eigenvalue weighted by molar-refractivity contribution is 0.0949. The summed E-state index contributed by atoms with van der Waals surface area (Å²) in [7, 11) is 0. The number of carbonyl (C=O) groups excluding carboxylic acids is 1. The minimum absolute atomic E-state index is 0.154. The molecule has 0 spiro atoms. The predicted octanol–water partition coefficient (Wildman–Crippen LogP) is 2.67. The molecule has 0 aliphatic carbocycles. The topological polar surface area (TPSA) is 96.6 Å². The highest BCUT2D eigenvalue weighted by Crippen LogP contribution is 2.14. The summed E-state index contributed by atoms with van der Waals surface area (Å²) in [5.41, 5.74) is 3.78. The van der Waals surface area contributed by atoms with Crippen LogP contribution in [0.15, 0.2) is 58.4 Å². The van der Waals surface area contributed by atoms with Crippen LogP contribution >= 0.6 is 0 Å². The Morgan fingerprint density at radius 2 is 1.81 bits per heavy atom. The Hall–Kier alpha value is -3.48. The molecular formula is C20H20N4O3. The van der Waals surface area contributed by atoms with Crippen molar-refractivity contribution in [1.82, 2.24) is 15.2 Å². The van der Waals surface area contributed by atoms with E-state index >= 15 is 0 Å². The normalized spacial score (nSPS) is 11.6. The van der Waals surface area contributed by atoms with Crippen molar-refractivity contribution in [2.45, 2.75) is 26.8 Å². The average Bonchev–Trinajstić information content (AvgIpc) is 2.68. The smallest absolute Gasteiger partial charge is 0.292 e. The van der Waals surface area contributed by atoms with E-state index in [0.29, 0.717) is 23.0 Å². The molecule has 1 aromatic heterocycles. The maximum absolute atomic E-state index is 12.7. The van der Waals surface area contributed by atoms with Crippen molar-refractivity contribution < 1.29 is 9.90 Å². The summed E-state index contributed by atoms with van der Waals surface area (Å²) in [6.45, 7) is 4.12. The van der Waals surface area contributed by atoms with Gasteiger partial charge in [-0.1, -0.05) is 25.1 Å². The average molecular weight is 364 g/mol. The molecule has 0 bridgehead atoms. The van der Waals surface area contributed by atoms with Gasteiger partial charge in [-0.05, 0) is 49.2 Å². The number of phenols is 1. The molecule has 7 nitrogen and oxygen atoms in total. The first-order valence-corrected chi connectivity index (χ1v) is 8.65. The Kier molecular flexibility index (Phi) is 5.30. The van der Waals surface area contributed by atoms with E-state index < -0.39 is 5.91 Å². The molecule has 3 rings (SSSR count). The third-order valence-corrected chi connectivity index (χ3v) is 4.13. The molecule has 0 aliphatic heterocycles. The van der Waals surface area contributed by atoms with E-state index in [9.17, 15) is 14.7 Å². The van der Waals surface area contributed by atoms with Crippen molar-refractivity contribution in [3.63, 3.8) is 0 Å². The number of hydrogen-bond acceptors (Lipinski definition) is 5. The van der Waals surface area contributed by atoms with E-state index in [1.807, 2.05) is 6.92 Å². The number of aromatic nitrogens is 2. The zero-order chi connectivity index (χ0) is 19.4. The molecule has 0 unspecified atom stereocenters. The molecule has 0 saturated heterocycles. The number of carbonyl (C=O) groups is 1. The highest BCUT2D eigenvalue weighted by atomic mass is 16.3. The number of amides is 1. The predicted molar refractivity (Wildman–Crippen MR) is 104 cm³/mol. The molecule has 0 radical (unpaired) electrons. The second-order valence-corrected chi connectivity index (χ2v) is 6.11. The number of nitrogens with zero attached hydrogens (tertiary/aromatic N) is 3. The van der Waals surface area contributed by atoms with Crippen LogP contribution in [0.5, 0.6) is 5.75 Å². The van der Waals surface area contributed by atoms with Gasteiger partial charge in [0.2, 0.25) is 0 Å². The van der Waals surface area contributed by atoms with Crippen LogP contribution in [0.1, 0.15) is 36.3 Å². The molecular weight excluding hydrogens is 344 g/mol. The van der Waals surface area contributed by atoms with Crippen LogP contribution in [0.4, 0.5) is 0 Å². The highest BCUT2D eigenvalue weighted by Gasteiger charge is 2.16. The van der Waals surface area contributed by atoms with Gasteiger partial charge in [-0.25, -0.2) is 10.1 Å². The summed E-state index contributed by atoms with van der Waals surface area (Å²) in [5, 5.41) is 18.6. The van der Waals surface area contributed by atoms with E-state index in [-0.39, 0.29) is 17.0 Å². The van der Waals surface area contributed by atoms with Crippen LogP contribution in [0, 0.1) is 0 Å². The van der Waals surface area contributed by atoms with E-state index in [1.165, 1.54) is 4.68 Å². The Balaban J connectivity index is 1.95. The zero-order valence-corrected chi connectivity index (χ0v) is 15.1. The lowest BCUT2D eigenvalue weighted by atomic mass is 10.1. The molecule has 0 fully saturated rings. The van der Waals surface area contributed by atoms with Crippen LogP contribution < -0.4 is 11.0 Å². The molecule has 1 heterocycles. The monoisotopic (exact) mass is 364 g/mol. The van der Waals surface area contributed by atoms with Gasteiger partial charge in [-0.2, -0.15) is 10.2 Å². The maximum atomic E-state index is 12.7. The molecule has 0 atom stereocenters. The molecule has 27 heavy (non-hydrogen) atoms. The lowest BCUT2D eigenvalue weighted by Crippen LogP contribution is -2.29. The fraction of sp³-hybridized carbons (Fsp3) is 0.200. The van der Waals surface area contributed by atoms with Crippen molar-refractivity contribution >= 4 is 22.4 Å². The van der Waals surface area contributed by atoms with Crippen LogP contribution in [-0.4, -0.2) is 26.5 Å². The number of hydrogen-bond donors (Lipinski definition) is 2. The summed E-state index contributed by atoms with van der Waals surface area (Å²) >= 11 is 0. The van der Waals surface area contributed by atoms with Crippen LogP contribution in [0.3, 0.4) is 0 Å². The number of benzene rings is 2. The van der Waals surface area contributed by atoms with Crippen LogP contribution in [-0.2, 0) is 6.54 Å². The van der Waals surface area contributed by atoms with Gasteiger partial charge < -0.3 is 5.11 Å². The van der Waals surface area contributed by atoms with E-state index in [0.717, 1.165) is 12.0 Å². The summed E-state index contributed by atoms with van der Waals surface area (Å²) < 4.78 is 1.31. The summed E-state index contributed by atoms with van der Waals surface area (Å²) in [5.74, 6) is -0.335. The minimum atomic E-state index is -0.491. The number of hydrazone groups is 1. The van der Waals surface area contributed by atoms with Crippen molar-refractivity contribution in [3.05, 3.63) is 70.1 Å². The van der Waals surface area contributed by atoms with Crippen molar-refractivity contribution in [2.75, 3.05) is 0 Å². The largest absolute Gasteiger partial charge is 0.508 e. The second kappa shape index (κ2) is 7.82. The van der Waals surface area contributed by atoms with E-state index in [2.05, 4.69) is 15.6 Å². The van der Waals surface area contributed by atoms with Gasteiger partial charge in [-0.15, -0.1) is 0 Å². The molecule has 0 aliphatic rings. The quantitative estimate of drug-likeness (QED) is 0.537. The van der Waals surface area contributed by atoms with Gasteiger partial charge in [0.25, 0.3) is 11.5 Å². The van der Waals surface area contributed by atoms with Gasteiger partial charge in [-0.3, -0.25) is 9.59 Å². The van der Waals surface area contributed by atoms with Gasteiger partial charge in [0, 0.05) is 11.9 Å². The third kappa shape index (κ3) is 3.87. The molecule has 1 amide bonds. The molecule has 0 saturated carbocycles. The number of aryl methyl sites for hydroxylation is 1. The first-order chi connectivity index (χ1) is 13.0. The Labute approximate surface area is 156 Å². The first-order valence-electron chi connectivity index (χ1n) is 8.65. The molecule has 2 aromatic carbocycles. The molecule has 2 N–H and O–H groups in total. The standard InChI is InChI=1S/C20H20N4O3/c1-3-12-24-20(27)17-7-5-4-6-16(17)18(23-24)19(26)22-21-13(2)14-8-10-15(25)11-9-14/h4-11,25H,3,12H2,1-2H3,(H,22,26)/b21-13+. The fourth-order valence-electron chi connectivity index (χ4n) is 2.72. The molecule has 7 heteroatoms. The SMILES string of the molecule is CCCn1nc(C(=O)N/N=C(\C)c2ccc(O)cc2)c2ccccc2c1=O. The van der Waals surface area contributed by atoms with Crippen LogP contribution in [0.2, 0.25) is 0 Å². The van der Waals surface area contributed by atoms with Gasteiger partial charge in [0.05, 0.1) is 11.1 Å². The molecule has 138 valence electrons. The summed E-state index contributed by atoms with van der Waals surface area (Å²) in [6, 6.07) is 13.4.